The summed E-state index contributed by atoms with van der Waals surface area (Å²) in [5.74, 6) is 0.854. The zero-order valence-corrected chi connectivity index (χ0v) is 13.8. The molecule has 7 N–H and O–H groups in total. The SMILES string of the molecule is CN.CN.CN.Oc1ccc(C2CCc3ccccc32)cc1. The van der Waals surface area contributed by atoms with Crippen LogP contribution in [0, 0.1) is 0 Å². The predicted octanol–water partition coefficient (Wildman–Crippen LogP) is 2.20. The Hall–Kier alpha value is -1.88. The van der Waals surface area contributed by atoms with Gasteiger partial charge in [0.1, 0.15) is 5.75 Å². The van der Waals surface area contributed by atoms with Gasteiger partial charge in [-0.2, -0.15) is 0 Å². The van der Waals surface area contributed by atoms with Gasteiger partial charge in [-0.3, -0.25) is 0 Å². The first-order valence-electron chi connectivity index (χ1n) is 7.44. The molecule has 122 valence electrons. The highest BCUT2D eigenvalue weighted by Gasteiger charge is 2.22. The van der Waals surface area contributed by atoms with E-state index in [2.05, 4.69) is 41.5 Å². The van der Waals surface area contributed by atoms with Crippen LogP contribution in [-0.4, -0.2) is 26.2 Å². The molecule has 2 aromatic carbocycles. The number of nitrogens with two attached hydrogens (primary N) is 3. The van der Waals surface area contributed by atoms with Gasteiger partial charge in [-0.15, -0.1) is 0 Å². The molecule has 0 amide bonds. The molecule has 1 aliphatic carbocycles. The molecular weight excluding hydrogens is 274 g/mol. The molecule has 4 heteroatoms. The number of benzene rings is 2. The summed E-state index contributed by atoms with van der Waals surface area (Å²) in [4.78, 5) is 0. The third-order valence-corrected chi connectivity index (χ3v) is 3.43. The summed E-state index contributed by atoms with van der Waals surface area (Å²) in [6.07, 6.45) is 2.35. The molecule has 0 aliphatic heterocycles. The first kappa shape index (κ1) is 20.1. The molecule has 0 radical (unpaired) electrons. The van der Waals surface area contributed by atoms with Crippen LogP contribution in [0.4, 0.5) is 0 Å². The fraction of sp³-hybridized carbons (Fsp3) is 0.333. The van der Waals surface area contributed by atoms with Crippen molar-refractivity contribution in [2.45, 2.75) is 18.8 Å². The van der Waals surface area contributed by atoms with E-state index in [1.54, 1.807) is 12.1 Å². The molecule has 0 aromatic heterocycles. The molecule has 1 atom stereocenters. The van der Waals surface area contributed by atoms with Crippen LogP contribution in [0.25, 0.3) is 0 Å². The van der Waals surface area contributed by atoms with E-state index in [0.29, 0.717) is 11.7 Å². The Morgan fingerprint density at radius 3 is 1.95 bits per heavy atom. The normalized spacial score (nSPS) is 14.2. The number of hydrogen-bond acceptors (Lipinski definition) is 4. The average Bonchev–Trinajstić information content (AvgIpc) is 3.05. The monoisotopic (exact) mass is 303 g/mol. The van der Waals surface area contributed by atoms with Gasteiger partial charge in [0.05, 0.1) is 0 Å². The van der Waals surface area contributed by atoms with Crippen molar-refractivity contribution in [1.29, 1.82) is 0 Å². The summed E-state index contributed by atoms with van der Waals surface area (Å²) >= 11 is 0. The van der Waals surface area contributed by atoms with Crippen LogP contribution in [0.1, 0.15) is 29.0 Å². The molecule has 0 spiro atoms. The molecule has 2 aromatic rings. The summed E-state index contributed by atoms with van der Waals surface area (Å²) in [5, 5.41) is 9.29. The van der Waals surface area contributed by atoms with Crippen LogP contribution in [0.2, 0.25) is 0 Å². The Labute approximate surface area is 134 Å². The highest BCUT2D eigenvalue weighted by atomic mass is 16.3. The quantitative estimate of drug-likeness (QED) is 0.649. The van der Waals surface area contributed by atoms with Crippen LogP contribution in [0.3, 0.4) is 0 Å². The van der Waals surface area contributed by atoms with Gasteiger partial charge in [-0.25, -0.2) is 0 Å². The lowest BCUT2D eigenvalue weighted by atomic mass is 9.93. The molecule has 0 saturated heterocycles. The summed E-state index contributed by atoms with van der Waals surface area (Å²) in [6, 6.07) is 16.3. The third kappa shape index (κ3) is 5.15. The van der Waals surface area contributed by atoms with Gasteiger partial charge >= 0.3 is 0 Å². The molecule has 0 saturated carbocycles. The van der Waals surface area contributed by atoms with E-state index in [9.17, 15) is 5.11 Å². The van der Waals surface area contributed by atoms with Gasteiger partial charge in [-0.05, 0) is 62.8 Å². The second kappa shape index (κ2) is 11.7. The summed E-state index contributed by atoms with van der Waals surface area (Å²) in [7, 11) is 4.50. The molecule has 0 fully saturated rings. The number of aromatic hydroxyl groups is 1. The number of phenols is 1. The van der Waals surface area contributed by atoms with E-state index in [0.717, 1.165) is 0 Å². The van der Waals surface area contributed by atoms with Gasteiger partial charge in [0.15, 0.2) is 0 Å². The van der Waals surface area contributed by atoms with Crippen LogP contribution in [-0.2, 0) is 6.42 Å². The zero-order chi connectivity index (χ0) is 17.0. The maximum Gasteiger partial charge on any atom is 0.115 e. The van der Waals surface area contributed by atoms with Gasteiger partial charge in [0.2, 0.25) is 0 Å². The van der Waals surface area contributed by atoms with Crippen molar-refractivity contribution in [2.24, 2.45) is 17.2 Å². The van der Waals surface area contributed by atoms with E-state index in [4.69, 9.17) is 0 Å². The highest BCUT2D eigenvalue weighted by Crippen LogP contribution is 2.38. The fourth-order valence-corrected chi connectivity index (χ4v) is 2.61. The van der Waals surface area contributed by atoms with E-state index in [1.807, 2.05) is 12.1 Å². The Morgan fingerprint density at radius 2 is 1.36 bits per heavy atom. The van der Waals surface area contributed by atoms with E-state index in [1.165, 1.54) is 50.7 Å². The second-order valence-corrected chi connectivity index (χ2v) is 4.38. The number of phenolic OH excluding ortho intramolecular Hbond substituents is 1. The lowest BCUT2D eigenvalue weighted by Crippen LogP contribution is -1.95. The molecule has 1 unspecified atom stereocenters. The minimum absolute atomic E-state index is 0.343. The van der Waals surface area contributed by atoms with Crippen molar-refractivity contribution in [1.82, 2.24) is 0 Å². The van der Waals surface area contributed by atoms with Crippen LogP contribution in [0.5, 0.6) is 5.75 Å². The second-order valence-electron chi connectivity index (χ2n) is 4.38. The maximum absolute atomic E-state index is 9.29. The molecule has 3 rings (SSSR count). The topological polar surface area (TPSA) is 98.3 Å². The summed E-state index contributed by atoms with van der Waals surface area (Å²) in [5.41, 5.74) is 17.7. The van der Waals surface area contributed by atoms with Crippen molar-refractivity contribution in [3.63, 3.8) is 0 Å². The average molecular weight is 303 g/mol. The fourth-order valence-electron chi connectivity index (χ4n) is 2.61. The molecule has 0 heterocycles. The van der Waals surface area contributed by atoms with Crippen molar-refractivity contribution < 1.29 is 5.11 Å². The van der Waals surface area contributed by atoms with Crippen molar-refractivity contribution in [2.75, 3.05) is 21.1 Å². The van der Waals surface area contributed by atoms with Gasteiger partial charge in [-0.1, -0.05) is 36.4 Å². The Kier molecular flexibility index (Phi) is 10.7. The van der Waals surface area contributed by atoms with Gasteiger partial charge < -0.3 is 22.3 Å². The molecule has 0 bridgehead atoms. The van der Waals surface area contributed by atoms with E-state index in [-0.39, 0.29) is 0 Å². The first-order chi connectivity index (χ1) is 10.8. The number of fused-ring (bicyclic) bond motifs is 1. The lowest BCUT2D eigenvalue weighted by Gasteiger charge is -2.11. The Bertz CT molecular complexity index is 512. The van der Waals surface area contributed by atoms with E-state index >= 15 is 0 Å². The van der Waals surface area contributed by atoms with Crippen molar-refractivity contribution >= 4 is 0 Å². The molecule has 22 heavy (non-hydrogen) atoms. The van der Waals surface area contributed by atoms with E-state index < -0.39 is 0 Å². The summed E-state index contributed by atoms with van der Waals surface area (Å²) in [6.45, 7) is 0. The number of hydrogen-bond donors (Lipinski definition) is 4. The summed E-state index contributed by atoms with van der Waals surface area (Å²) < 4.78 is 0. The lowest BCUT2D eigenvalue weighted by molar-refractivity contribution is 0.475. The highest BCUT2D eigenvalue weighted by molar-refractivity contribution is 5.43. The van der Waals surface area contributed by atoms with Crippen LogP contribution >= 0.6 is 0 Å². The van der Waals surface area contributed by atoms with Gasteiger partial charge in [0, 0.05) is 5.92 Å². The minimum atomic E-state index is 0.343. The van der Waals surface area contributed by atoms with Crippen molar-refractivity contribution in [3.8, 4) is 5.75 Å². The zero-order valence-electron chi connectivity index (χ0n) is 13.8. The maximum atomic E-state index is 9.29. The smallest absolute Gasteiger partial charge is 0.115 e. The predicted molar refractivity (Wildman–Crippen MR) is 95.0 cm³/mol. The number of rotatable bonds is 1. The molecular formula is C18H29N3O. The van der Waals surface area contributed by atoms with Crippen LogP contribution < -0.4 is 17.2 Å². The molecule has 4 nitrogen and oxygen atoms in total. The minimum Gasteiger partial charge on any atom is -0.508 e. The van der Waals surface area contributed by atoms with Gasteiger partial charge in [0.25, 0.3) is 0 Å². The largest absolute Gasteiger partial charge is 0.508 e. The standard InChI is InChI=1S/C15H14O.3CH5N/c16-13-8-5-12(6-9-13)15-10-7-11-3-1-2-4-14(11)15;3*1-2/h1-6,8-9,15-16H,7,10H2;3*2H2,1H3. The third-order valence-electron chi connectivity index (χ3n) is 3.43. The van der Waals surface area contributed by atoms with Crippen LogP contribution in [0.15, 0.2) is 48.5 Å². The first-order valence-corrected chi connectivity index (χ1v) is 7.44. The number of aryl methyl sites for hydroxylation is 1. The van der Waals surface area contributed by atoms with Crippen molar-refractivity contribution in [3.05, 3.63) is 65.2 Å². The molecule has 1 aliphatic rings. The Balaban J connectivity index is 0.000000661. The Morgan fingerprint density at radius 1 is 0.818 bits per heavy atom.